The van der Waals surface area contributed by atoms with Gasteiger partial charge in [-0.3, -0.25) is 10.4 Å². The van der Waals surface area contributed by atoms with Gasteiger partial charge in [0.25, 0.3) is 0 Å². The van der Waals surface area contributed by atoms with Crippen LogP contribution in [0.15, 0.2) is 18.3 Å². The summed E-state index contributed by atoms with van der Waals surface area (Å²) < 4.78 is 0. The molecule has 2 heterocycles. The SMILES string of the molecule is C[NH2+]c1nccc(Nc2cc(C3CC3)[nH]n2)n1. The maximum Gasteiger partial charge on any atom is 0.327 e. The van der Waals surface area contributed by atoms with Crippen LogP contribution < -0.4 is 10.6 Å². The van der Waals surface area contributed by atoms with Crippen LogP contribution in [0, 0.1) is 0 Å². The largest absolute Gasteiger partial charge is 0.327 e. The third-order valence-corrected chi connectivity index (χ3v) is 2.80. The number of rotatable bonds is 4. The summed E-state index contributed by atoms with van der Waals surface area (Å²) in [5.41, 5.74) is 1.21. The molecule has 6 heteroatoms. The van der Waals surface area contributed by atoms with Gasteiger partial charge in [0.15, 0.2) is 5.82 Å². The molecule has 0 aliphatic heterocycles. The van der Waals surface area contributed by atoms with E-state index in [2.05, 4.69) is 31.5 Å². The lowest BCUT2D eigenvalue weighted by Crippen LogP contribution is -2.73. The molecule has 0 saturated heterocycles. The van der Waals surface area contributed by atoms with Crippen molar-refractivity contribution in [3.63, 3.8) is 0 Å². The van der Waals surface area contributed by atoms with Gasteiger partial charge >= 0.3 is 5.95 Å². The maximum absolute atomic E-state index is 4.32. The van der Waals surface area contributed by atoms with Crippen molar-refractivity contribution < 1.29 is 5.32 Å². The number of nitrogens with one attached hydrogen (secondary N) is 2. The number of hydrogen-bond donors (Lipinski definition) is 3. The molecule has 2 aromatic heterocycles. The second-order valence-corrected chi connectivity index (χ2v) is 4.20. The molecule has 3 rings (SSSR count). The van der Waals surface area contributed by atoms with Gasteiger partial charge in [0, 0.05) is 23.9 Å². The minimum absolute atomic E-state index is 0.683. The van der Waals surface area contributed by atoms with Crippen LogP contribution in [0.1, 0.15) is 24.5 Å². The Balaban J connectivity index is 1.75. The Kier molecular flexibility index (Phi) is 2.49. The Morgan fingerprint density at radius 1 is 1.41 bits per heavy atom. The summed E-state index contributed by atoms with van der Waals surface area (Å²) in [5.74, 6) is 2.98. The molecule has 0 atom stereocenters. The fourth-order valence-corrected chi connectivity index (χ4v) is 1.72. The smallest absolute Gasteiger partial charge is 0.323 e. The number of aromatic nitrogens is 4. The molecule has 6 nitrogen and oxygen atoms in total. The van der Waals surface area contributed by atoms with Gasteiger partial charge in [0.2, 0.25) is 0 Å². The summed E-state index contributed by atoms with van der Waals surface area (Å²) in [6.45, 7) is 0. The molecule has 0 bridgehead atoms. The van der Waals surface area contributed by atoms with Crippen molar-refractivity contribution in [1.82, 2.24) is 20.2 Å². The Hall–Kier alpha value is -1.95. The van der Waals surface area contributed by atoms with E-state index in [1.54, 1.807) is 6.20 Å². The zero-order valence-corrected chi connectivity index (χ0v) is 9.64. The Morgan fingerprint density at radius 3 is 3.06 bits per heavy atom. The molecular formula is C11H15N6+. The molecule has 0 unspecified atom stereocenters. The first-order valence-electron chi connectivity index (χ1n) is 5.80. The number of nitrogens with zero attached hydrogens (tertiary/aromatic N) is 3. The predicted octanol–water partition coefficient (Wildman–Crippen LogP) is 0.645. The number of aromatic amines is 1. The van der Waals surface area contributed by atoms with Gasteiger partial charge in [-0.2, -0.15) is 15.1 Å². The number of nitrogens with two attached hydrogens (primary N) is 1. The van der Waals surface area contributed by atoms with E-state index in [0.29, 0.717) is 11.9 Å². The molecule has 0 aromatic carbocycles. The van der Waals surface area contributed by atoms with E-state index < -0.39 is 0 Å². The van der Waals surface area contributed by atoms with E-state index in [1.807, 2.05) is 18.4 Å². The Morgan fingerprint density at radius 2 is 2.29 bits per heavy atom. The van der Waals surface area contributed by atoms with E-state index in [0.717, 1.165) is 11.6 Å². The van der Waals surface area contributed by atoms with Crippen molar-refractivity contribution in [2.24, 2.45) is 0 Å². The van der Waals surface area contributed by atoms with Crippen LogP contribution in [0.25, 0.3) is 0 Å². The maximum atomic E-state index is 4.32. The van der Waals surface area contributed by atoms with Crippen LogP contribution in [0.4, 0.5) is 17.6 Å². The number of H-pyrrole nitrogens is 1. The highest BCUT2D eigenvalue weighted by Crippen LogP contribution is 2.39. The minimum atomic E-state index is 0.683. The zero-order chi connectivity index (χ0) is 11.7. The fourth-order valence-electron chi connectivity index (χ4n) is 1.72. The van der Waals surface area contributed by atoms with Crippen molar-refractivity contribution in [2.75, 3.05) is 12.4 Å². The van der Waals surface area contributed by atoms with Gasteiger partial charge in [-0.25, -0.2) is 0 Å². The fraction of sp³-hybridized carbons (Fsp3) is 0.364. The number of quaternary nitrogens is 1. The van der Waals surface area contributed by atoms with Gasteiger partial charge < -0.3 is 5.32 Å². The number of hydrogen-bond acceptors (Lipinski definition) is 4. The first-order chi connectivity index (χ1) is 8.35. The van der Waals surface area contributed by atoms with Crippen molar-refractivity contribution in [3.05, 3.63) is 24.0 Å². The highest BCUT2D eigenvalue weighted by Gasteiger charge is 2.25. The Labute approximate surface area is 98.9 Å². The van der Waals surface area contributed by atoms with Gasteiger partial charge in [-0.1, -0.05) is 0 Å². The molecular weight excluding hydrogens is 216 g/mol. The molecule has 2 aromatic rings. The highest BCUT2D eigenvalue weighted by molar-refractivity contribution is 5.52. The number of anilines is 2. The third kappa shape index (κ3) is 2.26. The lowest BCUT2D eigenvalue weighted by Gasteiger charge is -2.00. The second-order valence-electron chi connectivity index (χ2n) is 4.20. The van der Waals surface area contributed by atoms with Crippen LogP contribution >= 0.6 is 0 Å². The normalized spacial score (nSPS) is 14.9. The molecule has 17 heavy (non-hydrogen) atoms. The van der Waals surface area contributed by atoms with Gasteiger partial charge in [0.1, 0.15) is 5.82 Å². The molecule has 1 aliphatic rings. The van der Waals surface area contributed by atoms with Crippen molar-refractivity contribution in [1.29, 1.82) is 0 Å². The van der Waals surface area contributed by atoms with Crippen molar-refractivity contribution in [3.8, 4) is 0 Å². The minimum Gasteiger partial charge on any atom is -0.323 e. The molecule has 0 spiro atoms. The average molecular weight is 231 g/mol. The zero-order valence-electron chi connectivity index (χ0n) is 9.64. The topological polar surface area (TPSA) is 83.1 Å². The van der Waals surface area contributed by atoms with Gasteiger partial charge in [0.05, 0.1) is 7.05 Å². The lowest BCUT2D eigenvalue weighted by molar-refractivity contribution is -0.547. The monoisotopic (exact) mass is 231 g/mol. The van der Waals surface area contributed by atoms with E-state index in [1.165, 1.54) is 18.5 Å². The van der Waals surface area contributed by atoms with Crippen LogP contribution in [0.3, 0.4) is 0 Å². The van der Waals surface area contributed by atoms with E-state index in [9.17, 15) is 0 Å². The molecule has 1 aliphatic carbocycles. The average Bonchev–Trinajstić information content (AvgIpc) is 3.11. The predicted molar refractivity (Wildman–Crippen MR) is 63.4 cm³/mol. The second kappa shape index (κ2) is 4.14. The quantitative estimate of drug-likeness (QED) is 0.721. The highest BCUT2D eigenvalue weighted by atomic mass is 15.2. The molecule has 1 fully saturated rings. The van der Waals surface area contributed by atoms with E-state index in [4.69, 9.17) is 0 Å². The first-order valence-corrected chi connectivity index (χ1v) is 5.80. The molecule has 4 N–H and O–H groups in total. The summed E-state index contributed by atoms with van der Waals surface area (Å²) in [7, 11) is 1.92. The molecule has 0 amide bonds. The Bertz CT molecular complexity index is 516. The molecule has 0 radical (unpaired) electrons. The summed E-state index contributed by atoms with van der Waals surface area (Å²) in [6, 6.07) is 3.88. The molecule has 1 saturated carbocycles. The summed E-state index contributed by atoms with van der Waals surface area (Å²) >= 11 is 0. The standard InChI is InChI=1S/C11H14N6/c1-12-11-13-5-4-9(15-11)14-10-6-8(16-17-10)7-2-3-7/h4-7H,2-3H2,1H3,(H3,12,13,14,15,16,17)/p+1. The third-order valence-electron chi connectivity index (χ3n) is 2.80. The summed E-state index contributed by atoms with van der Waals surface area (Å²) in [5, 5.41) is 12.3. The van der Waals surface area contributed by atoms with Crippen LogP contribution in [0.5, 0.6) is 0 Å². The van der Waals surface area contributed by atoms with E-state index >= 15 is 0 Å². The lowest BCUT2D eigenvalue weighted by atomic mass is 10.3. The van der Waals surface area contributed by atoms with Crippen molar-refractivity contribution >= 4 is 17.6 Å². The van der Waals surface area contributed by atoms with Gasteiger partial charge in [-0.05, 0) is 18.9 Å². The summed E-state index contributed by atoms with van der Waals surface area (Å²) in [6.07, 6.45) is 4.27. The van der Waals surface area contributed by atoms with E-state index in [-0.39, 0.29) is 0 Å². The van der Waals surface area contributed by atoms with Crippen LogP contribution in [-0.4, -0.2) is 27.2 Å². The van der Waals surface area contributed by atoms with Crippen LogP contribution in [-0.2, 0) is 0 Å². The van der Waals surface area contributed by atoms with Gasteiger partial charge in [-0.15, -0.1) is 0 Å². The summed E-state index contributed by atoms with van der Waals surface area (Å²) in [4.78, 5) is 8.43. The van der Waals surface area contributed by atoms with Crippen LogP contribution in [0.2, 0.25) is 0 Å². The molecule has 88 valence electrons. The van der Waals surface area contributed by atoms with Crippen molar-refractivity contribution in [2.45, 2.75) is 18.8 Å². The first kappa shape index (κ1) is 10.2.